The molecular formula is C27H33N3O5S2. The van der Waals surface area contributed by atoms with Crippen LogP contribution in [0.1, 0.15) is 37.5 Å². The lowest BCUT2D eigenvalue weighted by atomic mass is 10.1. The normalized spacial score (nSPS) is 22.5. The van der Waals surface area contributed by atoms with Crippen molar-refractivity contribution in [3.8, 4) is 0 Å². The van der Waals surface area contributed by atoms with E-state index in [1.54, 1.807) is 20.8 Å². The highest BCUT2D eigenvalue weighted by molar-refractivity contribution is 8.16. The van der Waals surface area contributed by atoms with Crippen molar-refractivity contribution in [1.82, 2.24) is 5.32 Å². The fraction of sp³-hybridized carbons (Fsp3) is 0.444. The van der Waals surface area contributed by atoms with Gasteiger partial charge >= 0.3 is 6.09 Å². The average Bonchev–Trinajstić information content (AvgIpc) is 3.25. The van der Waals surface area contributed by atoms with Crippen LogP contribution in [0.5, 0.6) is 0 Å². The number of thioether (sulfide) groups is 1. The van der Waals surface area contributed by atoms with Crippen LogP contribution in [0, 0.1) is 13.8 Å². The molecule has 37 heavy (non-hydrogen) atoms. The van der Waals surface area contributed by atoms with Gasteiger partial charge in [0.05, 0.1) is 17.5 Å². The number of ether oxygens (including phenoxy) is 1. The van der Waals surface area contributed by atoms with Crippen molar-refractivity contribution in [2.75, 3.05) is 16.4 Å². The van der Waals surface area contributed by atoms with Gasteiger partial charge in [0.25, 0.3) is 5.91 Å². The first-order valence-corrected chi connectivity index (χ1v) is 14.9. The van der Waals surface area contributed by atoms with Crippen molar-refractivity contribution in [3.63, 3.8) is 0 Å². The van der Waals surface area contributed by atoms with E-state index in [-0.39, 0.29) is 29.2 Å². The summed E-state index contributed by atoms with van der Waals surface area (Å²) in [6, 6.07) is 14.0. The molecule has 0 unspecified atom stereocenters. The second-order valence-electron chi connectivity index (χ2n) is 10.6. The van der Waals surface area contributed by atoms with Crippen molar-refractivity contribution < 1.29 is 22.7 Å². The van der Waals surface area contributed by atoms with Gasteiger partial charge in [-0.15, -0.1) is 0 Å². The standard InChI is InChI=1S/C27H33N3O5S2/c1-17-11-12-20(13-18(17)2)30-22-15-37(33,34)16-23(22)36-25(30)29-24(31)21(14-19-9-7-6-8-10-19)28-26(32)35-27(3,4)5/h6-13,21-23H,14-16H2,1-5H3,(H,28,32)/t21-,22-,23-/m1/s1. The highest BCUT2D eigenvalue weighted by atomic mass is 32.2. The predicted molar refractivity (Wildman–Crippen MR) is 148 cm³/mol. The first kappa shape index (κ1) is 27.2. The minimum Gasteiger partial charge on any atom is -0.444 e. The molecule has 2 saturated heterocycles. The van der Waals surface area contributed by atoms with E-state index >= 15 is 0 Å². The van der Waals surface area contributed by atoms with Crippen LogP contribution in [0.25, 0.3) is 0 Å². The molecule has 198 valence electrons. The molecule has 2 aromatic carbocycles. The minimum atomic E-state index is -3.18. The highest BCUT2D eigenvalue weighted by Crippen LogP contribution is 2.41. The second kappa shape index (κ2) is 10.5. The molecule has 2 aliphatic rings. The summed E-state index contributed by atoms with van der Waals surface area (Å²) in [6.45, 7) is 9.27. The van der Waals surface area contributed by atoms with Crippen molar-refractivity contribution in [2.24, 2.45) is 4.99 Å². The number of nitrogens with zero attached hydrogens (tertiary/aromatic N) is 2. The zero-order valence-corrected chi connectivity index (χ0v) is 23.4. The summed E-state index contributed by atoms with van der Waals surface area (Å²) in [5.74, 6) is -0.469. The fourth-order valence-electron chi connectivity index (χ4n) is 4.41. The summed E-state index contributed by atoms with van der Waals surface area (Å²) in [5, 5.41) is 2.92. The molecular weight excluding hydrogens is 510 g/mol. The molecule has 3 atom stereocenters. The summed E-state index contributed by atoms with van der Waals surface area (Å²) in [6.07, 6.45) is -0.458. The Hall–Kier alpha value is -2.85. The third kappa shape index (κ3) is 6.73. The molecule has 0 aliphatic carbocycles. The number of carbonyl (C=O) groups excluding carboxylic acids is 2. The Labute approximate surface area is 222 Å². The summed E-state index contributed by atoms with van der Waals surface area (Å²) >= 11 is 1.31. The van der Waals surface area contributed by atoms with Gasteiger partial charge in [0.2, 0.25) is 0 Å². The van der Waals surface area contributed by atoms with Crippen LogP contribution in [0.2, 0.25) is 0 Å². The number of amidine groups is 1. The lowest BCUT2D eigenvalue weighted by Crippen LogP contribution is -2.45. The van der Waals surface area contributed by atoms with E-state index in [4.69, 9.17) is 4.74 Å². The van der Waals surface area contributed by atoms with E-state index in [1.165, 1.54) is 11.8 Å². The van der Waals surface area contributed by atoms with Crippen LogP contribution in [-0.4, -0.2) is 60.0 Å². The first-order valence-electron chi connectivity index (χ1n) is 12.2. The number of rotatable bonds is 5. The molecule has 8 nitrogen and oxygen atoms in total. The molecule has 2 aromatic rings. The number of hydrogen-bond acceptors (Lipinski definition) is 6. The Morgan fingerprint density at radius 2 is 1.81 bits per heavy atom. The Morgan fingerprint density at radius 3 is 2.46 bits per heavy atom. The van der Waals surface area contributed by atoms with Gasteiger partial charge in [0, 0.05) is 17.4 Å². The summed E-state index contributed by atoms with van der Waals surface area (Å²) in [5.41, 5.74) is 3.12. The SMILES string of the molecule is Cc1ccc(N2C(=NC(=O)[C@@H](Cc3ccccc3)NC(=O)OC(C)(C)C)S[C@@H]3CS(=O)(=O)C[C@H]32)cc1C. The number of aliphatic imine (C=N–C) groups is 1. The van der Waals surface area contributed by atoms with E-state index in [0.29, 0.717) is 5.17 Å². The Morgan fingerprint density at radius 1 is 1.11 bits per heavy atom. The van der Waals surface area contributed by atoms with Gasteiger partial charge in [-0.1, -0.05) is 48.2 Å². The molecule has 2 aliphatic heterocycles. The number of nitrogens with one attached hydrogen (secondary N) is 1. The van der Waals surface area contributed by atoms with Gasteiger partial charge in [-0.2, -0.15) is 4.99 Å². The van der Waals surface area contributed by atoms with Gasteiger partial charge in [0.15, 0.2) is 15.0 Å². The number of alkyl carbamates (subject to hydrolysis) is 1. The van der Waals surface area contributed by atoms with Crippen molar-refractivity contribution >= 4 is 44.5 Å². The van der Waals surface area contributed by atoms with Gasteiger partial charge < -0.3 is 15.0 Å². The van der Waals surface area contributed by atoms with Crippen LogP contribution in [0.15, 0.2) is 53.5 Å². The smallest absolute Gasteiger partial charge is 0.408 e. The van der Waals surface area contributed by atoms with Crippen LogP contribution in [0.3, 0.4) is 0 Å². The third-order valence-electron chi connectivity index (χ3n) is 6.31. The quantitative estimate of drug-likeness (QED) is 0.607. The van der Waals surface area contributed by atoms with E-state index in [2.05, 4.69) is 10.3 Å². The van der Waals surface area contributed by atoms with Crippen LogP contribution in [0.4, 0.5) is 10.5 Å². The molecule has 0 saturated carbocycles. The molecule has 2 heterocycles. The van der Waals surface area contributed by atoms with Crippen molar-refractivity contribution in [2.45, 2.75) is 64.0 Å². The minimum absolute atomic E-state index is 0.00834. The molecule has 1 N–H and O–H groups in total. The number of anilines is 1. The second-order valence-corrected chi connectivity index (χ2v) is 13.9. The fourth-order valence-corrected chi connectivity index (χ4v) is 8.33. The zero-order valence-electron chi connectivity index (χ0n) is 21.7. The van der Waals surface area contributed by atoms with Gasteiger partial charge in [-0.25, -0.2) is 13.2 Å². The van der Waals surface area contributed by atoms with Crippen LogP contribution in [-0.2, 0) is 25.8 Å². The Kier molecular flexibility index (Phi) is 7.71. The number of sulfone groups is 1. The molecule has 0 bridgehead atoms. The topological polar surface area (TPSA) is 105 Å². The van der Waals surface area contributed by atoms with Crippen molar-refractivity contribution in [1.29, 1.82) is 0 Å². The lowest BCUT2D eigenvalue weighted by Gasteiger charge is -2.26. The summed E-state index contributed by atoms with van der Waals surface area (Å²) < 4.78 is 30.2. The van der Waals surface area contributed by atoms with Crippen LogP contribution >= 0.6 is 11.8 Å². The van der Waals surface area contributed by atoms with Crippen molar-refractivity contribution in [3.05, 3.63) is 65.2 Å². The highest BCUT2D eigenvalue weighted by Gasteiger charge is 2.49. The summed E-state index contributed by atoms with van der Waals surface area (Å²) in [4.78, 5) is 32.4. The molecule has 2 fully saturated rings. The Balaban J connectivity index is 1.66. The molecule has 4 rings (SSSR count). The average molecular weight is 544 g/mol. The molecule has 0 radical (unpaired) electrons. The predicted octanol–water partition coefficient (Wildman–Crippen LogP) is 4.04. The number of amides is 2. The van der Waals surface area contributed by atoms with Gasteiger partial charge in [0.1, 0.15) is 11.6 Å². The number of benzene rings is 2. The Bertz CT molecular complexity index is 1320. The van der Waals surface area contributed by atoms with E-state index in [9.17, 15) is 18.0 Å². The number of carbonyl (C=O) groups is 2. The maximum Gasteiger partial charge on any atom is 0.408 e. The molecule has 10 heteroatoms. The largest absolute Gasteiger partial charge is 0.444 e. The summed E-state index contributed by atoms with van der Waals surface area (Å²) in [7, 11) is -3.18. The molecule has 2 amide bonds. The molecule has 0 spiro atoms. The van der Waals surface area contributed by atoms with Gasteiger partial charge in [-0.05, 0) is 63.4 Å². The number of aryl methyl sites for hydroxylation is 2. The lowest BCUT2D eigenvalue weighted by molar-refractivity contribution is -0.119. The molecule has 0 aromatic heterocycles. The zero-order chi connectivity index (χ0) is 27.0. The monoisotopic (exact) mass is 543 g/mol. The van der Waals surface area contributed by atoms with E-state index < -0.39 is 33.5 Å². The van der Waals surface area contributed by atoms with E-state index in [1.807, 2.05) is 67.3 Å². The maximum atomic E-state index is 13.5. The van der Waals surface area contributed by atoms with Gasteiger partial charge in [-0.3, -0.25) is 4.79 Å². The maximum absolute atomic E-state index is 13.5. The number of hydrogen-bond donors (Lipinski definition) is 1. The van der Waals surface area contributed by atoms with Crippen LogP contribution < -0.4 is 10.2 Å². The number of fused-ring (bicyclic) bond motifs is 1. The third-order valence-corrected chi connectivity index (χ3v) is 9.52. The van der Waals surface area contributed by atoms with E-state index in [0.717, 1.165) is 22.4 Å². The first-order chi connectivity index (χ1) is 17.3.